The maximum absolute atomic E-state index is 11.6. The van der Waals surface area contributed by atoms with Crippen LogP contribution in [0, 0.1) is 28.6 Å². The van der Waals surface area contributed by atoms with Gasteiger partial charge in [-0.1, -0.05) is 37.6 Å². The van der Waals surface area contributed by atoms with E-state index < -0.39 is 0 Å². The number of nitrogens with two attached hydrogens (primary N) is 1. The fourth-order valence-electron chi connectivity index (χ4n) is 7.09. The Labute approximate surface area is 183 Å². The van der Waals surface area contributed by atoms with E-state index in [1.165, 1.54) is 37.0 Å². The van der Waals surface area contributed by atoms with Gasteiger partial charge in [0.25, 0.3) is 0 Å². The first kappa shape index (κ1) is 19.9. The number of carbonyl (C=O) groups excluding carboxylic acids is 1. The van der Waals surface area contributed by atoms with Crippen molar-refractivity contribution in [3.05, 3.63) is 46.7 Å². The predicted molar refractivity (Wildman–Crippen MR) is 121 cm³/mol. The van der Waals surface area contributed by atoms with Gasteiger partial charge in [0.2, 0.25) is 0 Å². The highest BCUT2D eigenvalue weighted by molar-refractivity contribution is 7.80. The number of nitrogens with one attached hydrogen (secondary N) is 2. The summed E-state index contributed by atoms with van der Waals surface area (Å²) in [5.74, 6) is 1.73. The molecule has 4 N–H and O–H groups in total. The molecule has 30 heavy (non-hydrogen) atoms. The molecule has 5 aliphatic rings. The summed E-state index contributed by atoms with van der Waals surface area (Å²) in [4.78, 5) is 11.6. The Bertz CT molecular complexity index is 933. The largest absolute Gasteiger partial charge is 0.458 e. The van der Waals surface area contributed by atoms with Crippen LogP contribution in [0.25, 0.3) is 0 Å². The van der Waals surface area contributed by atoms with Gasteiger partial charge in [-0.2, -0.15) is 0 Å². The van der Waals surface area contributed by atoms with Crippen LogP contribution < -0.4 is 16.6 Å². The van der Waals surface area contributed by atoms with Crippen molar-refractivity contribution in [2.24, 2.45) is 34.3 Å². The van der Waals surface area contributed by atoms with Gasteiger partial charge in [-0.05, 0) is 79.5 Å². The average Bonchev–Trinajstić information content (AvgIpc) is 3.28. The van der Waals surface area contributed by atoms with E-state index in [9.17, 15) is 4.79 Å². The lowest BCUT2D eigenvalue weighted by molar-refractivity contribution is -0.134. The summed E-state index contributed by atoms with van der Waals surface area (Å²) in [6, 6.07) is 0. The van der Waals surface area contributed by atoms with Crippen LogP contribution in [-0.4, -0.2) is 17.7 Å². The average molecular weight is 426 g/mol. The lowest BCUT2D eigenvalue weighted by atomic mass is 9.47. The lowest BCUT2D eigenvalue weighted by Crippen LogP contribution is -2.50. The SMILES string of the molecule is C[C@]12CC[C@@H]3[C@@H](CC[C@H]4C=C(NNC(N)=S)CC[C@]43C)C1=CC=C2C1=CC(=O)OC1. The third-order valence-corrected chi connectivity index (χ3v) is 8.78. The molecule has 2 saturated carbocycles. The van der Waals surface area contributed by atoms with Crippen molar-refractivity contribution in [2.75, 3.05) is 6.61 Å². The van der Waals surface area contributed by atoms with Crippen molar-refractivity contribution < 1.29 is 9.53 Å². The molecule has 0 radical (unpaired) electrons. The van der Waals surface area contributed by atoms with Crippen molar-refractivity contribution in [3.8, 4) is 0 Å². The second-order valence-corrected chi connectivity index (χ2v) is 10.5. The van der Waals surface area contributed by atoms with Crippen molar-refractivity contribution >= 4 is 23.3 Å². The van der Waals surface area contributed by atoms with Crippen LogP contribution in [0.4, 0.5) is 0 Å². The fourth-order valence-corrected chi connectivity index (χ4v) is 7.14. The number of esters is 1. The van der Waals surface area contributed by atoms with Crippen LogP contribution in [0.1, 0.15) is 52.4 Å². The number of hydrazine groups is 1. The molecule has 0 aromatic rings. The van der Waals surface area contributed by atoms with Crippen LogP contribution in [0.3, 0.4) is 0 Å². The molecule has 4 aliphatic carbocycles. The molecule has 0 aromatic carbocycles. The summed E-state index contributed by atoms with van der Waals surface area (Å²) >= 11 is 4.92. The Morgan fingerprint density at radius 3 is 2.80 bits per heavy atom. The monoisotopic (exact) mass is 425 g/mol. The van der Waals surface area contributed by atoms with Gasteiger partial charge in [0.05, 0.1) is 0 Å². The molecule has 2 fully saturated rings. The highest BCUT2D eigenvalue weighted by atomic mass is 32.1. The molecule has 0 amide bonds. The van der Waals surface area contributed by atoms with Gasteiger partial charge in [0.15, 0.2) is 5.11 Å². The lowest BCUT2D eigenvalue weighted by Gasteiger charge is -2.58. The zero-order valence-electron chi connectivity index (χ0n) is 17.8. The molecular formula is C24H31N3O2S. The number of thiocarbonyl (C=S) groups is 1. The number of hydrogen-bond donors (Lipinski definition) is 3. The maximum Gasteiger partial charge on any atom is 0.331 e. The van der Waals surface area contributed by atoms with Gasteiger partial charge in [-0.25, -0.2) is 4.79 Å². The zero-order valence-corrected chi connectivity index (χ0v) is 18.6. The van der Waals surface area contributed by atoms with Crippen LogP contribution in [0.2, 0.25) is 0 Å². The highest BCUT2D eigenvalue weighted by Crippen LogP contribution is 2.65. The van der Waals surface area contributed by atoms with E-state index in [-0.39, 0.29) is 16.5 Å². The molecule has 0 bridgehead atoms. The molecule has 0 unspecified atom stereocenters. The topological polar surface area (TPSA) is 76.4 Å². The van der Waals surface area contributed by atoms with Gasteiger partial charge < -0.3 is 15.9 Å². The van der Waals surface area contributed by atoms with Crippen LogP contribution >= 0.6 is 12.2 Å². The fraction of sp³-hybridized carbons (Fsp3) is 0.583. The molecule has 5 nitrogen and oxygen atoms in total. The van der Waals surface area contributed by atoms with Crippen LogP contribution in [0.15, 0.2) is 46.7 Å². The summed E-state index contributed by atoms with van der Waals surface area (Å²) in [5, 5.41) is 0.278. The molecular weight excluding hydrogens is 394 g/mol. The number of ether oxygens (including phenoxy) is 1. The number of hydrogen-bond acceptors (Lipinski definition) is 4. The molecule has 5 atom stereocenters. The molecule has 0 saturated heterocycles. The van der Waals surface area contributed by atoms with Crippen molar-refractivity contribution in [3.63, 3.8) is 0 Å². The number of carbonyl (C=O) groups is 1. The van der Waals surface area contributed by atoms with E-state index in [0.29, 0.717) is 29.8 Å². The highest BCUT2D eigenvalue weighted by Gasteiger charge is 2.55. The second-order valence-electron chi connectivity index (χ2n) is 10.1. The molecule has 1 aliphatic heterocycles. The van der Waals surface area contributed by atoms with Gasteiger partial charge in [0, 0.05) is 22.8 Å². The van der Waals surface area contributed by atoms with E-state index >= 15 is 0 Å². The minimum absolute atomic E-state index is 0.0577. The normalized spacial score (nSPS) is 39.4. The van der Waals surface area contributed by atoms with Crippen molar-refractivity contribution in [1.82, 2.24) is 10.9 Å². The Hall–Kier alpha value is -2.08. The number of allylic oxidation sites excluding steroid dienone is 5. The Kier molecular flexibility index (Phi) is 4.62. The molecule has 1 heterocycles. The van der Waals surface area contributed by atoms with E-state index in [2.05, 4.69) is 42.9 Å². The summed E-state index contributed by atoms with van der Waals surface area (Å²) < 4.78 is 5.21. The summed E-state index contributed by atoms with van der Waals surface area (Å²) in [5.41, 5.74) is 17.2. The summed E-state index contributed by atoms with van der Waals surface area (Å²) in [7, 11) is 0. The third kappa shape index (κ3) is 2.95. The van der Waals surface area contributed by atoms with Gasteiger partial charge >= 0.3 is 5.97 Å². The standard InChI is InChI=1S/C24H31N3O2S/c1-23-9-7-16(26-27-22(25)30)12-15(23)3-4-17-19-6-5-18(14-11-21(28)29-13-14)24(19,2)10-8-20(17)23/h5-6,11-12,15,17,20,26H,3-4,7-10,13H2,1-2H3,(H3,25,27,30)/t15-,17-,20+,23+,24+/m0/s1. The Morgan fingerprint density at radius 1 is 1.23 bits per heavy atom. The molecule has 0 spiro atoms. The molecule has 5 rings (SSSR count). The van der Waals surface area contributed by atoms with Crippen molar-refractivity contribution in [2.45, 2.75) is 52.4 Å². The van der Waals surface area contributed by atoms with E-state index in [1.54, 1.807) is 11.6 Å². The van der Waals surface area contributed by atoms with E-state index in [1.807, 2.05) is 0 Å². The molecule has 6 heteroatoms. The van der Waals surface area contributed by atoms with Crippen molar-refractivity contribution in [1.29, 1.82) is 0 Å². The summed E-state index contributed by atoms with van der Waals surface area (Å²) in [6.07, 6.45) is 15.8. The van der Waals surface area contributed by atoms with E-state index in [4.69, 9.17) is 22.7 Å². The summed E-state index contributed by atoms with van der Waals surface area (Å²) in [6.45, 7) is 5.33. The minimum Gasteiger partial charge on any atom is -0.458 e. The zero-order chi connectivity index (χ0) is 21.1. The predicted octanol–water partition coefficient (Wildman–Crippen LogP) is 3.80. The first-order valence-corrected chi connectivity index (χ1v) is 11.5. The minimum atomic E-state index is -0.201. The molecule has 160 valence electrons. The Morgan fingerprint density at radius 2 is 2.07 bits per heavy atom. The first-order valence-electron chi connectivity index (χ1n) is 11.1. The van der Waals surface area contributed by atoms with E-state index in [0.717, 1.165) is 18.4 Å². The first-order chi connectivity index (χ1) is 14.3. The van der Waals surface area contributed by atoms with Crippen LogP contribution in [0.5, 0.6) is 0 Å². The number of rotatable bonds is 3. The number of fused-ring (bicyclic) bond motifs is 5. The number of cyclic esters (lactones) is 1. The van der Waals surface area contributed by atoms with Gasteiger partial charge in [-0.15, -0.1) is 0 Å². The third-order valence-electron chi connectivity index (χ3n) is 8.67. The second kappa shape index (κ2) is 6.98. The smallest absolute Gasteiger partial charge is 0.331 e. The quantitative estimate of drug-likeness (QED) is 0.363. The van der Waals surface area contributed by atoms with Gasteiger partial charge in [0.1, 0.15) is 6.61 Å². The van der Waals surface area contributed by atoms with Crippen LogP contribution in [-0.2, 0) is 9.53 Å². The Balaban J connectivity index is 1.37. The maximum atomic E-state index is 11.6. The van der Waals surface area contributed by atoms with Gasteiger partial charge in [-0.3, -0.25) is 5.43 Å². The molecule has 0 aromatic heterocycles.